The number of halogens is 1. The minimum Gasteiger partial charge on any atom is -0.348 e. The van der Waals surface area contributed by atoms with Crippen LogP contribution in [0.5, 0.6) is 0 Å². The van der Waals surface area contributed by atoms with E-state index in [0.29, 0.717) is 6.42 Å². The van der Waals surface area contributed by atoms with Crippen molar-refractivity contribution >= 4 is 33.6 Å². The predicted molar refractivity (Wildman–Crippen MR) is 81.7 cm³/mol. The van der Waals surface area contributed by atoms with Crippen molar-refractivity contribution in [3.8, 4) is 0 Å². The van der Waals surface area contributed by atoms with Gasteiger partial charge in [-0.2, -0.15) is 11.8 Å². The van der Waals surface area contributed by atoms with Crippen molar-refractivity contribution in [3.63, 3.8) is 0 Å². The second kappa shape index (κ2) is 7.81. The second-order valence-corrected chi connectivity index (χ2v) is 6.07. The first-order chi connectivity index (χ1) is 8.54. The van der Waals surface area contributed by atoms with Crippen LogP contribution in [-0.4, -0.2) is 24.0 Å². The van der Waals surface area contributed by atoms with Gasteiger partial charge in [-0.05, 0) is 43.0 Å². The number of carbonyl (C=O) groups excluding carboxylic acids is 1. The van der Waals surface area contributed by atoms with Gasteiger partial charge in [0.1, 0.15) is 0 Å². The molecule has 0 unspecified atom stereocenters. The Labute approximate surface area is 121 Å². The molecule has 0 aliphatic heterocycles. The SMILES string of the molecule is CSCC[C@H](N)C(=O)N[C@H](C)c1cccc(Br)c1. The topological polar surface area (TPSA) is 55.1 Å². The summed E-state index contributed by atoms with van der Waals surface area (Å²) in [4.78, 5) is 11.9. The first-order valence-electron chi connectivity index (χ1n) is 5.85. The van der Waals surface area contributed by atoms with Crippen LogP contribution >= 0.6 is 27.7 Å². The number of nitrogens with two attached hydrogens (primary N) is 1. The Bertz CT molecular complexity index is 400. The summed E-state index contributed by atoms with van der Waals surface area (Å²) < 4.78 is 1.01. The van der Waals surface area contributed by atoms with Crippen molar-refractivity contribution < 1.29 is 4.79 Å². The molecule has 0 saturated carbocycles. The lowest BCUT2D eigenvalue weighted by Gasteiger charge is -2.18. The Kier molecular flexibility index (Phi) is 6.75. The van der Waals surface area contributed by atoms with Gasteiger partial charge in [0.25, 0.3) is 0 Å². The molecule has 2 atom stereocenters. The monoisotopic (exact) mass is 330 g/mol. The molecule has 0 saturated heterocycles. The lowest BCUT2D eigenvalue weighted by atomic mass is 10.1. The normalized spacial score (nSPS) is 14.0. The van der Waals surface area contributed by atoms with Gasteiger partial charge >= 0.3 is 0 Å². The Morgan fingerprint density at radius 1 is 1.56 bits per heavy atom. The fourth-order valence-corrected chi connectivity index (χ4v) is 2.46. The molecule has 5 heteroatoms. The van der Waals surface area contributed by atoms with E-state index in [1.807, 2.05) is 37.4 Å². The summed E-state index contributed by atoms with van der Waals surface area (Å²) in [6, 6.07) is 7.45. The quantitative estimate of drug-likeness (QED) is 0.843. The number of amides is 1. The van der Waals surface area contributed by atoms with Crippen molar-refractivity contribution in [2.75, 3.05) is 12.0 Å². The van der Waals surface area contributed by atoms with E-state index in [1.54, 1.807) is 11.8 Å². The van der Waals surface area contributed by atoms with Crippen molar-refractivity contribution in [2.24, 2.45) is 5.73 Å². The van der Waals surface area contributed by atoms with Crippen LogP contribution in [0.4, 0.5) is 0 Å². The maximum Gasteiger partial charge on any atom is 0.237 e. The molecular weight excluding hydrogens is 312 g/mol. The molecule has 0 bridgehead atoms. The number of nitrogens with one attached hydrogen (secondary N) is 1. The van der Waals surface area contributed by atoms with Gasteiger partial charge in [0.15, 0.2) is 0 Å². The highest BCUT2D eigenvalue weighted by Crippen LogP contribution is 2.17. The lowest BCUT2D eigenvalue weighted by Crippen LogP contribution is -2.41. The fraction of sp³-hybridized carbons (Fsp3) is 0.462. The molecule has 0 radical (unpaired) electrons. The minimum atomic E-state index is -0.424. The van der Waals surface area contributed by atoms with Crippen LogP contribution in [0.25, 0.3) is 0 Å². The summed E-state index contributed by atoms with van der Waals surface area (Å²) in [7, 11) is 0. The van der Waals surface area contributed by atoms with Gasteiger partial charge in [0.05, 0.1) is 12.1 Å². The minimum absolute atomic E-state index is 0.0321. The van der Waals surface area contributed by atoms with Crippen molar-refractivity contribution in [3.05, 3.63) is 34.3 Å². The van der Waals surface area contributed by atoms with Crippen molar-refractivity contribution in [2.45, 2.75) is 25.4 Å². The summed E-state index contributed by atoms with van der Waals surface area (Å²) >= 11 is 5.12. The van der Waals surface area contributed by atoms with E-state index < -0.39 is 6.04 Å². The van der Waals surface area contributed by atoms with E-state index in [0.717, 1.165) is 15.8 Å². The number of thioether (sulfide) groups is 1. The average Bonchev–Trinajstić information content (AvgIpc) is 2.35. The van der Waals surface area contributed by atoms with E-state index in [9.17, 15) is 4.79 Å². The van der Waals surface area contributed by atoms with Crippen LogP contribution in [0.1, 0.15) is 24.9 Å². The molecule has 100 valence electrons. The Morgan fingerprint density at radius 2 is 2.28 bits per heavy atom. The zero-order valence-corrected chi connectivity index (χ0v) is 13.1. The fourth-order valence-electron chi connectivity index (χ4n) is 1.56. The van der Waals surface area contributed by atoms with Gasteiger partial charge in [0.2, 0.25) is 5.91 Å². The number of benzene rings is 1. The van der Waals surface area contributed by atoms with Gasteiger partial charge in [-0.25, -0.2) is 0 Å². The van der Waals surface area contributed by atoms with Gasteiger partial charge in [-0.15, -0.1) is 0 Å². The first kappa shape index (κ1) is 15.5. The van der Waals surface area contributed by atoms with Gasteiger partial charge in [0, 0.05) is 4.47 Å². The molecule has 0 aromatic heterocycles. The summed E-state index contributed by atoms with van der Waals surface area (Å²) in [5.41, 5.74) is 6.89. The summed E-state index contributed by atoms with van der Waals surface area (Å²) in [6.07, 6.45) is 2.72. The third-order valence-corrected chi connectivity index (χ3v) is 3.81. The van der Waals surface area contributed by atoms with Crippen molar-refractivity contribution in [1.29, 1.82) is 0 Å². The molecule has 1 amide bonds. The molecule has 1 aromatic carbocycles. The largest absolute Gasteiger partial charge is 0.348 e. The highest BCUT2D eigenvalue weighted by molar-refractivity contribution is 9.10. The van der Waals surface area contributed by atoms with Crippen LogP contribution in [0.3, 0.4) is 0 Å². The third-order valence-electron chi connectivity index (χ3n) is 2.68. The van der Waals surface area contributed by atoms with E-state index in [1.165, 1.54) is 0 Å². The Balaban J connectivity index is 2.54. The molecule has 0 fully saturated rings. The average molecular weight is 331 g/mol. The number of hydrogen-bond donors (Lipinski definition) is 2. The molecule has 0 aliphatic carbocycles. The van der Waals surface area contributed by atoms with Gasteiger partial charge in [-0.3, -0.25) is 4.79 Å². The maximum atomic E-state index is 11.9. The van der Waals surface area contributed by atoms with E-state index in [-0.39, 0.29) is 11.9 Å². The Morgan fingerprint density at radius 3 is 2.89 bits per heavy atom. The Hall–Kier alpha value is -0.520. The molecule has 0 spiro atoms. The zero-order chi connectivity index (χ0) is 13.5. The molecule has 1 aromatic rings. The van der Waals surface area contributed by atoms with Crippen LogP contribution < -0.4 is 11.1 Å². The molecule has 3 nitrogen and oxygen atoms in total. The predicted octanol–water partition coefficient (Wildman–Crippen LogP) is 2.71. The van der Waals surface area contributed by atoms with E-state index in [4.69, 9.17) is 5.73 Å². The maximum absolute atomic E-state index is 11.9. The zero-order valence-electron chi connectivity index (χ0n) is 10.7. The van der Waals surface area contributed by atoms with Crippen molar-refractivity contribution in [1.82, 2.24) is 5.32 Å². The van der Waals surface area contributed by atoms with Crippen LogP contribution in [-0.2, 0) is 4.79 Å². The second-order valence-electron chi connectivity index (χ2n) is 4.17. The number of rotatable bonds is 6. The molecule has 0 heterocycles. The standard InChI is InChI=1S/C13H19BrN2OS/c1-9(10-4-3-5-11(14)8-10)16-13(17)12(15)6-7-18-2/h3-5,8-9,12H,6-7,15H2,1-2H3,(H,16,17)/t9-,12+/m1/s1. The molecule has 1 rings (SSSR count). The van der Waals surface area contributed by atoms with Gasteiger partial charge < -0.3 is 11.1 Å². The lowest BCUT2D eigenvalue weighted by molar-refractivity contribution is -0.123. The van der Waals surface area contributed by atoms with Crippen LogP contribution in [0, 0.1) is 0 Å². The number of hydrogen-bond acceptors (Lipinski definition) is 3. The van der Waals surface area contributed by atoms with Crippen LogP contribution in [0.2, 0.25) is 0 Å². The molecule has 3 N–H and O–H groups in total. The number of carbonyl (C=O) groups is 1. The van der Waals surface area contributed by atoms with E-state index >= 15 is 0 Å². The highest BCUT2D eigenvalue weighted by atomic mass is 79.9. The molecule has 18 heavy (non-hydrogen) atoms. The van der Waals surface area contributed by atoms with Crippen LogP contribution in [0.15, 0.2) is 28.7 Å². The molecular formula is C13H19BrN2OS. The van der Waals surface area contributed by atoms with Gasteiger partial charge in [-0.1, -0.05) is 28.1 Å². The smallest absolute Gasteiger partial charge is 0.237 e. The first-order valence-corrected chi connectivity index (χ1v) is 8.03. The third kappa shape index (κ3) is 5.00. The summed E-state index contributed by atoms with van der Waals surface area (Å²) in [5, 5.41) is 2.94. The highest BCUT2D eigenvalue weighted by Gasteiger charge is 2.16. The summed E-state index contributed by atoms with van der Waals surface area (Å²) in [6.45, 7) is 1.96. The summed E-state index contributed by atoms with van der Waals surface area (Å²) in [5.74, 6) is 0.816. The van der Waals surface area contributed by atoms with E-state index in [2.05, 4.69) is 21.2 Å². The molecule has 0 aliphatic rings.